The fourth-order valence-corrected chi connectivity index (χ4v) is 4.31. The Hall–Kier alpha value is -0.690. The maximum absolute atomic E-state index is 12.3. The molecule has 6 heteroatoms. The van der Waals surface area contributed by atoms with Gasteiger partial charge in [0.25, 0.3) is 0 Å². The SMILES string of the molecule is NC1C(=O)N(Cc2ccc(Br)s2)c2cccc(Br)c21. The Morgan fingerprint density at radius 2 is 2.05 bits per heavy atom. The smallest absolute Gasteiger partial charge is 0.248 e. The fourth-order valence-electron chi connectivity index (χ4n) is 2.23. The molecule has 3 rings (SSSR count). The van der Waals surface area contributed by atoms with Crippen molar-refractivity contribution in [2.24, 2.45) is 5.73 Å². The number of hydrogen-bond donors (Lipinski definition) is 1. The number of halogens is 2. The molecule has 1 unspecified atom stereocenters. The van der Waals surface area contributed by atoms with Gasteiger partial charge in [-0.1, -0.05) is 22.0 Å². The van der Waals surface area contributed by atoms with E-state index in [2.05, 4.69) is 31.9 Å². The third kappa shape index (κ3) is 2.27. The number of thiophene rings is 1. The van der Waals surface area contributed by atoms with Gasteiger partial charge in [-0.05, 0) is 40.2 Å². The normalized spacial score (nSPS) is 17.9. The van der Waals surface area contributed by atoms with Gasteiger partial charge >= 0.3 is 0 Å². The minimum Gasteiger partial charge on any atom is -0.316 e. The number of benzene rings is 1. The Morgan fingerprint density at radius 1 is 1.26 bits per heavy atom. The van der Waals surface area contributed by atoms with Crippen LogP contribution in [0.2, 0.25) is 0 Å². The maximum Gasteiger partial charge on any atom is 0.248 e. The number of nitrogens with two attached hydrogens (primary N) is 1. The number of hydrogen-bond acceptors (Lipinski definition) is 3. The van der Waals surface area contributed by atoms with E-state index in [1.54, 1.807) is 16.2 Å². The van der Waals surface area contributed by atoms with Gasteiger partial charge in [-0.2, -0.15) is 0 Å². The predicted molar refractivity (Wildman–Crippen MR) is 84.3 cm³/mol. The van der Waals surface area contributed by atoms with Crippen LogP contribution in [-0.2, 0) is 11.3 Å². The van der Waals surface area contributed by atoms with E-state index >= 15 is 0 Å². The lowest BCUT2D eigenvalue weighted by atomic mass is 10.1. The third-order valence-electron chi connectivity index (χ3n) is 3.11. The highest BCUT2D eigenvalue weighted by molar-refractivity contribution is 9.11. The first kappa shape index (κ1) is 13.3. The van der Waals surface area contributed by atoms with Crippen LogP contribution in [0.4, 0.5) is 5.69 Å². The Balaban J connectivity index is 2.00. The molecule has 0 aliphatic carbocycles. The lowest BCUT2D eigenvalue weighted by molar-refractivity contribution is -0.119. The van der Waals surface area contributed by atoms with Crippen molar-refractivity contribution in [2.45, 2.75) is 12.6 Å². The van der Waals surface area contributed by atoms with E-state index in [-0.39, 0.29) is 5.91 Å². The molecule has 0 fully saturated rings. The summed E-state index contributed by atoms with van der Waals surface area (Å²) in [7, 11) is 0. The summed E-state index contributed by atoms with van der Waals surface area (Å²) < 4.78 is 1.95. The molecule has 2 N–H and O–H groups in total. The minimum absolute atomic E-state index is 0.0496. The monoisotopic (exact) mass is 400 g/mol. The van der Waals surface area contributed by atoms with Crippen molar-refractivity contribution in [3.05, 3.63) is 49.0 Å². The summed E-state index contributed by atoms with van der Waals surface area (Å²) >= 11 is 8.53. The van der Waals surface area contributed by atoms with Gasteiger partial charge in [0.2, 0.25) is 5.91 Å². The van der Waals surface area contributed by atoms with Crippen LogP contribution in [0.5, 0.6) is 0 Å². The quantitative estimate of drug-likeness (QED) is 0.831. The summed E-state index contributed by atoms with van der Waals surface area (Å²) in [6, 6.07) is 9.20. The molecule has 0 saturated heterocycles. The summed E-state index contributed by atoms with van der Waals surface area (Å²) in [5, 5.41) is 0. The summed E-state index contributed by atoms with van der Waals surface area (Å²) in [6.45, 7) is 0.562. The highest BCUT2D eigenvalue weighted by Gasteiger charge is 2.36. The van der Waals surface area contributed by atoms with Crippen LogP contribution in [0.3, 0.4) is 0 Å². The Kier molecular flexibility index (Phi) is 3.51. The van der Waals surface area contributed by atoms with Gasteiger partial charge in [-0.3, -0.25) is 4.79 Å². The van der Waals surface area contributed by atoms with Gasteiger partial charge in [-0.15, -0.1) is 11.3 Å². The van der Waals surface area contributed by atoms with Crippen molar-refractivity contribution < 1.29 is 4.79 Å². The fraction of sp³-hybridized carbons (Fsp3) is 0.154. The van der Waals surface area contributed by atoms with E-state index in [9.17, 15) is 4.79 Å². The Morgan fingerprint density at radius 3 is 2.74 bits per heavy atom. The zero-order valence-corrected chi connectivity index (χ0v) is 13.8. The molecule has 1 atom stereocenters. The number of anilines is 1. The topological polar surface area (TPSA) is 46.3 Å². The second-order valence-corrected chi connectivity index (χ2v) is 7.68. The molecule has 1 aliphatic heterocycles. The van der Waals surface area contributed by atoms with Crippen molar-refractivity contribution >= 4 is 54.8 Å². The molecule has 3 nitrogen and oxygen atoms in total. The molecule has 98 valence electrons. The van der Waals surface area contributed by atoms with Crippen molar-refractivity contribution in [2.75, 3.05) is 4.90 Å². The molecular formula is C13H10Br2N2OS. The van der Waals surface area contributed by atoms with Gasteiger partial charge in [0.05, 0.1) is 16.0 Å². The van der Waals surface area contributed by atoms with Crippen molar-refractivity contribution in [1.29, 1.82) is 0 Å². The van der Waals surface area contributed by atoms with Crippen LogP contribution >= 0.6 is 43.2 Å². The van der Waals surface area contributed by atoms with Crippen LogP contribution in [0.1, 0.15) is 16.5 Å². The van der Waals surface area contributed by atoms with E-state index in [4.69, 9.17) is 5.73 Å². The second-order valence-electron chi connectivity index (χ2n) is 4.28. The van der Waals surface area contributed by atoms with Crippen LogP contribution in [0.25, 0.3) is 0 Å². The van der Waals surface area contributed by atoms with E-state index in [1.807, 2.05) is 30.3 Å². The van der Waals surface area contributed by atoms with Crippen molar-refractivity contribution in [1.82, 2.24) is 0 Å². The molecule has 19 heavy (non-hydrogen) atoms. The summed E-state index contributed by atoms with van der Waals surface area (Å²) in [5.41, 5.74) is 7.79. The second kappa shape index (κ2) is 5.01. The lowest BCUT2D eigenvalue weighted by Gasteiger charge is -2.16. The van der Waals surface area contributed by atoms with Crippen LogP contribution in [-0.4, -0.2) is 5.91 Å². The standard InChI is InChI=1S/C13H10Br2N2OS/c14-8-2-1-3-9-11(8)12(16)13(18)17(9)6-7-4-5-10(15)19-7/h1-5,12H,6,16H2. The van der Waals surface area contributed by atoms with E-state index in [0.717, 1.165) is 24.4 Å². The Bertz CT molecular complexity index is 656. The van der Waals surface area contributed by atoms with E-state index in [1.165, 1.54) is 0 Å². The average Bonchev–Trinajstić information content (AvgIpc) is 2.88. The number of carbonyl (C=O) groups is 1. The largest absolute Gasteiger partial charge is 0.316 e. The molecule has 1 aliphatic rings. The number of fused-ring (bicyclic) bond motifs is 1. The summed E-state index contributed by atoms with van der Waals surface area (Å²) in [4.78, 5) is 15.2. The zero-order valence-electron chi connectivity index (χ0n) is 9.77. The molecule has 0 saturated carbocycles. The molecule has 1 aromatic heterocycles. The van der Waals surface area contributed by atoms with Crippen LogP contribution in [0, 0.1) is 0 Å². The summed E-state index contributed by atoms with van der Waals surface area (Å²) in [6.07, 6.45) is 0. The maximum atomic E-state index is 12.3. The lowest BCUT2D eigenvalue weighted by Crippen LogP contribution is -2.30. The van der Waals surface area contributed by atoms with Gasteiger partial charge in [0, 0.05) is 14.9 Å². The number of rotatable bonds is 2. The molecule has 0 spiro atoms. The van der Waals surface area contributed by atoms with E-state index in [0.29, 0.717) is 6.54 Å². The van der Waals surface area contributed by atoms with Gasteiger partial charge in [-0.25, -0.2) is 0 Å². The molecule has 2 heterocycles. The summed E-state index contributed by atoms with van der Waals surface area (Å²) in [5.74, 6) is -0.0496. The first-order chi connectivity index (χ1) is 9.08. The molecular weight excluding hydrogens is 392 g/mol. The first-order valence-electron chi connectivity index (χ1n) is 5.67. The molecule has 1 amide bonds. The number of carbonyl (C=O) groups excluding carboxylic acids is 1. The molecule has 1 aromatic carbocycles. The first-order valence-corrected chi connectivity index (χ1v) is 8.08. The predicted octanol–water partition coefficient (Wildman–Crippen LogP) is 3.82. The minimum atomic E-state index is -0.575. The third-order valence-corrected chi connectivity index (χ3v) is 5.41. The van der Waals surface area contributed by atoms with Crippen molar-refractivity contribution in [3.8, 4) is 0 Å². The highest BCUT2D eigenvalue weighted by atomic mass is 79.9. The molecule has 0 radical (unpaired) electrons. The number of amides is 1. The van der Waals surface area contributed by atoms with Crippen LogP contribution in [0.15, 0.2) is 38.6 Å². The Labute approximate surface area is 131 Å². The highest BCUT2D eigenvalue weighted by Crippen LogP contribution is 2.40. The number of nitrogens with zero attached hydrogens (tertiary/aromatic N) is 1. The zero-order chi connectivity index (χ0) is 13.6. The van der Waals surface area contributed by atoms with Crippen LogP contribution < -0.4 is 10.6 Å². The van der Waals surface area contributed by atoms with Gasteiger partial charge in [0.15, 0.2) is 0 Å². The van der Waals surface area contributed by atoms with Gasteiger partial charge in [0.1, 0.15) is 6.04 Å². The van der Waals surface area contributed by atoms with Crippen molar-refractivity contribution in [3.63, 3.8) is 0 Å². The molecule has 0 bridgehead atoms. The van der Waals surface area contributed by atoms with Gasteiger partial charge < -0.3 is 10.6 Å². The molecule has 2 aromatic rings. The average molecular weight is 402 g/mol. The van der Waals surface area contributed by atoms with E-state index < -0.39 is 6.04 Å².